The highest BCUT2D eigenvalue weighted by Crippen LogP contribution is 2.30. The molecule has 1 amide bonds. The average Bonchev–Trinajstić information content (AvgIpc) is 2.53. The van der Waals surface area contributed by atoms with Crippen molar-refractivity contribution in [3.63, 3.8) is 0 Å². The third kappa shape index (κ3) is 1.66. The van der Waals surface area contributed by atoms with E-state index in [0.29, 0.717) is 12.0 Å². The molecule has 2 atom stereocenters. The summed E-state index contributed by atoms with van der Waals surface area (Å²) in [5.41, 5.74) is 7.46. The summed E-state index contributed by atoms with van der Waals surface area (Å²) >= 11 is 0. The number of amides is 1. The Labute approximate surface area is 94.3 Å². The fraction of sp³-hybridized carbons (Fsp3) is 0.333. The predicted octanol–water partition coefficient (Wildman–Crippen LogP) is 0.789. The third-order valence-electron chi connectivity index (χ3n) is 2.98. The number of carbonyl (C=O) groups excluding carboxylic acids is 1. The summed E-state index contributed by atoms with van der Waals surface area (Å²) in [5, 5.41) is 8.83. The van der Waals surface area contributed by atoms with Gasteiger partial charge >= 0.3 is 0 Å². The van der Waals surface area contributed by atoms with E-state index in [9.17, 15) is 4.79 Å². The van der Waals surface area contributed by atoms with Gasteiger partial charge in [-0.05, 0) is 17.7 Å². The minimum atomic E-state index is -0.188. The monoisotopic (exact) mass is 215 g/mol. The third-order valence-corrected chi connectivity index (χ3v) is 2.98. The number of hydrogen-bond acceptors (Lipinski definition) is 3. The van der Waals surface area contributed by atoms with Crippen molar-refractivity contribution >= 4 is 5.91 Å². The first-order valence-electron chi connectivity index (χ1n) is 5.15. The standard InChI is InChI=1S/C12H13N3O/c1-15-11(16)6-10(14)12(15)9-4-2-3-8(5-9)7-13/h2-5,10,12H,6,14H2,1H3. The van der Waals surface area contributed by atoms with Crippen molar-refractivity contribution in [2.75, 3.05) is 7.05 Å². The van der Waals surface area contributed by atoms with Gasteiger partial charge in [0.05, 0.1) is 17.7 Å². The van der Waals surface area contributed by atoms with Gasteiger partial charge < -0.3 is 10.6 Å². The van der Waals surface area contributed by atoms with Gasteiger partial charge in [-0.25, -0.2) is 0 Å². The molecular formula is C12H13N3O. The molecule has 1 aliphatic heterocycles. The van der Waals surface area contributed by atoms with E-state index < -0.39 is 0 Å². The lowest BCUT2D eigenvalue weighted by Gasteiger charge is -2.23. The van der Waals surface area contributed by atoms with Gasteiger partial charge in [0, 0.05) is 19.5 Å². The SMILES string of the molecule is CN1C(=O)CC(N)C1c1cccc(C#N)c1. The Kier molecular flexibility index (Phi) is 2.63. The number of benzene rings is 1. The second-order valence-electron chi connectivity index (χ2n) is 4.05. The van der Waals surface area contributed by atoms with Crippen LogP contribution in [0.2, 0.25) is 0 Å². The minimum Gasteiger partial charge on any atom is -0.337 e. The first-order chi connectivity index (χ1) is 7.63. The van der Waals surface area contributed by atoms with Crippen LogP contribution in [-0.4, -0.2) is 23.9 Å². The van der Waals surface area contributed by atoms with E-state index in [-0.39, 0.29) is 18.0 Å². The molecule has 0 spiro atoms. The second-order valence-corrected chi connectivity index (χ2v) is 4.05. The quantitative estimate of drug-likeness (QED) is 0.752. The van der Waals surface area contributed by atoms with Crippen molar-refractivity contribution in [1.29, 1.82) is 5.26 Å². The number of likely N-dealkylation sites (N-methyl/N-ethyl adjacent to an activating group) is 1. The van der Waals surface area contributed by atoms with Crippen molar-refractivity contribution in [2.45, 2.75) is 18.5 Å². The molecule has 16 heavy (non-hydrogen) atoms. The Morgan fingerprint density at radius 1 is 1.56 bits per heavy atom. The van der Waals surface area contributed by atoms with Gasteiger partial charge in [-0.2, -0.15) is 5.26 Å². The molecule has 0 aromatic heterocycles. The fourth-order valence-electron chi connectivity index (χ4n) is 2.16. The highest BCUT2D eigenvalue weighted by Gasteiger charge is 2.35. The van der Waals surface area contributed by atoms with E-state index in [2.05, 4.69) is 6.07 Å². The van der Waals surface area contributed by atoms with Gasteiger partial charge in [0.25, 0.3) is 0 Å². The van der Waals surface area contributed by atoms with Crippen LogP contribution in [0.5, 0.6) is 0 Å². The van der Waals surface area contributed by atoms with Crippen molar-refractivity contribution < 1.29 is 4.79 Å². The first kappa shape index (κ1) is 10.7. The van der Waals surface area contributed by atoms with Crippen LogP contribution in [0.4, 0.5) is 0 Å². The van der Waals surface area contributed by atoms with Crippen molar-refractivity contribution in [3.8, 4) is 6.07 Å². The van der Waals surface area contributed by atoms with Gasteiger partial charge in [0.2, 0.25) is 5.91 Å². The average molecular weight is 215 g/mol. The van der Waals surface area contributed by atoms with Crippen LogP contribution in [0.25, 0.3) is 0 Å². The number of hydrogen-bond donors (Lipinski definition) is 1. The number of carbonyl (C=O) groups is 1. The molecule has 4 heteroatoms. The van der Waals surface area contributed by atoms with Crippen molar-refractivity contribution in [2.24, 2.45) is 5.73 Å². The summed E-state index contributed by atoms with van der Waals surface area (Å²) in [4.78, 5) is 13.2. The zero-order chi connectivity index (χ0) is 11.7. The highest BCUT2D eigenvalue weighted by atomic mass is 16.2. The van der Waals surface area contributed by atoms with Crippen LogP contribution in [0.3, 0.4) is 0 Å². The maximum absolute atomic E-state index is 11.5. The molecule has 1 aromatic carbocycles. The summed E-state index contributed by atoms with van der Waals surface area (Å²) < 4.78 is 0. The van der Waals surface area contributed by atoms with Crippen LogP contribution in [0, 0.1) is 11.3 Å². The Balaban J connectivity index is 2.37. The van der Waals surface area contributed by atoms with E-state index in [1.54, 1.807) is 24.1 Å². The molecule has 2 rings (SSSR count). The molecule has 1 saturated heterocycles. The molecule has 4 nitrogen and oxygen atoms in total. The maximum atomic E-state index is 11.5. The molecule has 2 unspecified atom stereocenters. The molecule has 0 bridgehead atoms. The van der Waals surface area contributed by atoms with E-state index >= 15 is 0 Å². The zero-order valence-corrected chi connectivity index (χ0v) is 9.05. The fourth-order valence-corrected chi connectivity index (χ4v) is 2.16. The van der Waals surface area contributed by atoms with Crippen LogP contribution in [0.15, 0.2) is 24.3 Å². The molecule has 0 saturated carbocycles. The molecule has 2 N–H and O–H groups in total. The molecule has 0 aliphatic carbocycles. The molecule has 1 aromatic rings. The van der Waals surface area contributed by atoms with Crippen LogP contribution < -0.4 is 5.73 Å². The topological polar surface area (TPSA) is 70.1 Å². The second kappa shape index (κ2) is 3.95. The Morgan fingerprint density at radius 3 is 2.88 bits per heavy atom. The van der Waals surface area contributed by atoms with Crippen LogP contribution in [-0.2, 0) is 4.79 Å². The Morgan fingerprint density at radius 2 is 2.31 bits per heavy atom. The van der Waals surface area contributed by atoms with E-state index in [1.165, 1.54) is 0 Å². The highest BCUT2D eigenvalue weighted by molar-refractivity contribution is 5.80. The lowest BCUT2D eigenvalue weighted by molar-refractivity contribution is -0.127. The van der Waals surface area contributed by atoms with E-state index in [4.69, 9.17) is 11.0 Å². The van der Waals surface area contributed by atoms with E-state index in [0.717, 1.165) is 5.56 Å². The Bertz CT molecular complexity index is 464. The number of nitriles is 1. The molecule has 1 fully saturated rings. The van der Waals surface area contributed by atoms with Crippen LogP contribution >= 0.6 is 0 Å². The summed E-state index contributed by atoms with van der Waals surface area (Å²) in [6.07, 6.45) is 0.373. The van der Waals surface area contributed by atoms with Crippen molar-refractivity contribution in [3.05, 3.63) is 35.4 Å². The molecule has 1 heterocycles. The molecule has 0 radical (unpaired) electrons. The smallest absolute Gasteiger partial charge is 0.224 e. The zero-order valence-electron chi connectivity index (χ0n) is 9.05. The number of nitrogens with two attached hydrogens (primary N) is 1. The number of rotatable bonds is 1. The van der Waals surface area contributed by atoms with Gasteiger partial charge in [-0.15, -0.1) is 0 Å². The summed E-state index contributed by atoms with van der Waals surface area (Å²) in [6.45, 7) is 0. The summed E-state index contributed by atoms with van der Waals surface area (Å²) in [5.74, 6) is 0.0554. The molecule has 1 aliphatic rings. The largest absolute Gasteiger partial charge is 0.337 e. The van der Waals surface area contributed by atoms with Crippen molar-refractivity contribution in [1.82, 2.24) is 4.90 Å². The minimum absolute atomic E-state index is 0.0554. The lowest BCUT2D eigenvalue weighted by Crippen LogP contribution is -2.30. The van der Waals surface area contributed by atoms with Gasteiger partial charge in [-0.1, -0.05) is 12.1 Å². The number of nitrogens with zero attached hydrogens (tertiary/aromatic N) is 2. The molecule has 82 valence electrons. The summed E-state index contributed by atoms with van der Waals surface area (Å²) in [7, 11) is 1.75. The van der Waals surface area contributed by atoms with Gasteiger partial charge in [0.1, 0.15) is 0 Å². The first-order valence-corrected chi connectivity index (χ1v) is 5.15. The maximum Gasteiger partial charge on any atom is 0.224 e. The Hall–Kier alpha value is -1.86. The van der Waals surface area contributed by atoms with Gasteiger partial charge in [-0.3, -0.25) is 4.79 Å². The predicted molar refractivity (Wildman–Crippen MR) is 59.3 cm³/mol. The van der Waals surface area contributed by atoms with Gasteiger partial charge in [0.15, 0.2) is 0 Å². The normalized spacial score (nSPS) is 24.6. The lowest BCUT2D eigenvalue weighted by atomic mass is 9.99. The number of likely N-dealkylation sites (tertiary alicyclic amines) is 1. The van der Waals surface area contributed by atoms with E-state index in [1.807, 2.05) is 12.1 Å². The summed E-state index contributed by atoms with van der Waals surface area (Å²) in [6, 6.07) is 9.04. The van der Waals surface area contributed by atoms with Crippen LogP contribution in [0.1, 0.15) is 23.6 Å². The molecular weight excluding hydrogens is 202 g/mol.